The van der Waals surface area contributed by atoms with Gasteiger partial charge in [0.05, 0.1) is 12.0 Å². The number of hydrogen-bond donors (Lipinski definition) is 0. The first-order valence-corrected chi connectivity index (χ1v) is 8.63. The molecule has 3 atom stereocenters. The predicted octanol–water partition coefficient (Wildman–Crippen LogP) is 3.90. The van der Waals surface area contributed by atoms with Crippen LogP contribution in [0.2, 0.25) is 0 Å². The number of likely N-dealkylation sites (tertiary alicyclic amines) is 1. The molecule has 0 radical (unpaired) electrons. The molecule has 0 saturated carbocycles. The van der Waals surface area contributed by atoms with Gasteiger partial charge in [-0.1, -0.05) is 74.5 Å². The van der Waals surface area contributed by atoms with Crippen molar-refractivity contribution in [1.82, 2.24) is 4.90 Å². The lowest BCUT2D eigenvalue weighted by molar-refractivity contribution is -0.196. The average molecular weight is 337 g/mol. The summed E-state index contributed by atoms with van der Waals surface area (Å²) in [4.78, 5) is 26.7. The molecule has 1 amide bonds. The zero-order chi connectivity index (χ0) is 18.0. The Bertz CT molecular complexity index is 742. The van der Waals surface area contributed by atoms with E-state index >= 15 is 0 Å². The third-order valence-corrected chi connectivity index (χ3v) is 4.65. The third kappa shape index (κ3) is 3.29. The van der Waals surface area contributed by atoms with Crippen LogP contribution < -0.4 is 0 Å². The van der Waals surface area contributed by atoms with E-state index in [-0.39, 0.29) is 23.8 Å². The molecule has 4 heteroatoms. The SMILES string of the molecule is CC(C)C(=O)OC1C(c2ccccc2)C(=O)N1C(C)c1ccccc1. The van der Waals surface area contributed by atoms with Crippen LogP contribution in [-0.4, -0.2) is 23.0 Å². The maximum atomic E-state index is 12.9. The maximum absolute atomic E-state index is 12.9. The summed E-state index contributed by atoms with van der Waals surface area (Å²) in [7, 11) is 0. The number of nitrogens with zero attached hydrogens (tertiary/aromatic N) is 1. The van der Waals surface area contributed by atoms with Crippen LogP contribution in [0, 0.1) is 5.92 Å². The molecule has 0 bridgehead atoms. The topological polar surface area (TPSA) is 46.6 Å². The predicted molar refractivity (Wildman–Crippen MR) is 95.6 cm³/mol. The summed E-state index contributed by atoms with van der Waals surface area (Å²) in [5.41, 5.74) is 1.90. The minimum atomic E-state index is -0.569. The van der Waals surface area contributed by atoms with Crippen LogP contribution in [0.1, 0.15) is 43.9 Å². The number of benzene rings is 2. The normalized spacial score (nSPS) is 21.0. The molecule has 25 heavy (non-hydrogen) atoms. The van der Waals surface area contributed by atoms with E-state index in [0.29, 0.717) is 0 Å². The second-order valence-electron chi connectivity index (χ2n) is 6.70. The summed E-state index contributed by atoms with van der Waals surface area (Å²) in [6.45, 7) is 5.56. The second-order valence-corrected chi connectivity index (χ2v) is 6.70. The number of carbonyl (C=O) groups is 2. The Morgan fingerprint density at radius 2 is 1.52 bits per heavy atom. The number of esters is 1. The Morgan fingerprint density at radius 3 is 2.08 bits per heavy atom. The Labute approximate surface area is 148 Å². The van der Waals surface area contributed by atoms with Gasteiger partial charge in [0.15, 0.2) is 6.23 Å². The van der Waals surface area contributed by atoms with Crippen molar-refractivity contribution >= 4 is 11.9 Å². The van der Waals surface area contributed by atoms with Crippen molar-refractivity contribution in [2.45, 2.75) is 39.0 Å². The van der Waals surface area contributed by atoms with Crippen LogP contribution in [0.15, 0.2) is 60.7 Å². The van der Waals surface area contributed by atoms with Crippen molar-refractivity contribution in [1.29, 1.82) is 0 Å². The summed E-state index contributed by atoms with van der Waals surface area (Å²) >= 11 is 0. The van der Waals surface area contributed by atoms with E-state index in [9.17, 15) is 9.59 Å². The average Bonchev–Trinajstić information content (AvgIpc) is 2.62. The zero-order valence-electron chi connectivity index (χ0n) is 14.8. The lowest BCUT2D eigenvalue weighted by Crippen LogP contribution is -2.61. The largest absolute Gasteiger partial charge is 0.440 e. The molecule has 3 rings (SSSR count). The van der Waals surface area contributed by atoms with Crippen LogP contribution in [-0.2, 0) is 14.3 Å². The Hall–Kier alpha value is -2.62. The van der Waals surface area contributed by atoms with Crippen molar-refractivity contribution in [2.75, 3.05) is 0 Å². The molecule has 1 aliphatic heterocycles. The monoisotopic (exact) mass is 337 g/mol. The minimum Gasteiger partial charge on any atom is -0.440 e. The van der Waals surface area contributed by atoms with Crippen LogP contribution in [0.4, 0.5) is 0 Å². The van der Waals surface area contributed by atoms with Gasteiger partial charge in [0.1, 0.15) is 5.92 Å². The van der Waals surface area contributed by atoms with Gasteiger partial charge in [0, 0.05) is 0 Å². The third-order valence-electron chi connectivity index (χ3n) is 4.65. The number of β-lactam (4-membered cyclic amide) rings is 1. The lowest BCUT2D eigenvalue weighted by Gasteiger charge is -2.49. The van der Waals surface area contributed by atoms with E-state index in [0.717, 1.165) is 11.1 Å². The summed E-state index contributed by atoms with van der Waals surface area (Å²) in [5, 5.41) is 0. The molecule has 4 nitrogen and oxygen atoms in total. The first-order chi connectivity index (χ1) is 12.0. The molecule has 1 aliphatic rings. The summed E-state index contributed by atoms with van der Waals surface area (Å²) in [6.07, 6.45) is -0.569. The van der Waals surface area contributed by atoms with Gasteiger partial charge in [-0.15, -0.1) is 0 Å². The highest BCUT2D eigenvalue weighted by atomic mass is 16.6. The summed E-state index contributed by atoms with van der Waals surface area (Å²) < 4.78 is 5.71. The zero-order valence-corrected chi connectivity index (χ0v) is 14.8. The quantitative estimate of drug-likeness (QED) is 0.614. The van der Waals surface area contributed by atoms with E-state index in [1.54, 1.807) is 18.7 Å². The number of carbonyl (C=O) groups excluding carboxylic acids is 2. The molecule has 0 aliphatic carbocycles. The van der Waals surface area contributed by atoms with E-state index < -0.39 is 12.1 Å². The highest BCUT2D eigenvalue weighted by molar-refractivity contribution is 5.91. The minimum absolute atomic E-state index is 0.0101. The number of hydrogen-bond acceptors (Lipinski definition) is 3. The first-order valence-electron chi connectivity index (χ1n) is 8.63. The van der Waals surface area contributed by atoms with Gasteiger partial charge in [-0.2, -0.15) is 0 Å². The van der Waals surface area contributed by atoms with Crippen molar-refractivity contribution in [2.24, 2.45) is 5.92 Å². The summed E-state index contributed by atoms with van der Waals surface area (Å²) in [5.74, 6) is -0.969. The molecule has 3 unspecified atom stereocenters. The fraction of sp³-hybridized carbons (Fsp3) is 0.333. The molecule has 0 aromatic heterocycles. The highest BCUT2D eigenvalue weighted by Gasteiger charge is 2.52. The molecular weight excluding hydrogens is 314 g/mol. The number of ether oxygens (including phenoxy) is 1. The fourth-order valence-electron chi connectivity index (χ4n) is 3.14. The van der Waals surface area contributed by atoms with E-state index in [1.807, 2.05) is 67.6 Å². The second kappa shape index (κ2) is 7.09. The molecule has 0 spiro atoms. The van der Waals surface area contributed by atoms with E-state index in [2.05, 4.69) is 0 Å². The van der Waals surface area contributed by atoms with Crippen LogP contribution in [0.3, 0.4) is 0 Å². The van der Waals surface area contributed by atoms with Gasteiger partial charge >= 0.3 is 5.97 Å². The fourth-order valence-corrected chi connectivity index (χ4v) is 3.14. The van der Waals surface area contributed by atoms with Gasteiger partial charge in [0.2, 0.25) is 5.91 Å². The van der Waals surface area contributed by atoms with Gasteiger partial charge < -0.3 is 4.74 Å². The first kappa shape index (κ1) is 17.2. The van der Waals surface area contributed by atoms with Crippen LogP contribution in [0.5, 0.6) is 0 Å². The lowest BCUT2D eigenvalue weighted by atomic mass is 9.85. The van der Waals surface area contributed by atoms with Crippen LogP contribution >= 0.6 is 0 Å². The van der Waals surface area contributed by atoms with Crippen molar-refractivity contribution in [3.63, 3.8) is 0 Å². The molecule has 2 aromatic carbocycles. The Kier molecular flexibility index (Phi) is 4.88. The molecule has 2 aromatic rings. The molecule has 1 saturated heterocycles. The maximum Gasteiger partial charge on any atom is 0.310 e. The van der Waals surface area contributed by atoms with Crippen molar-refractivity contribution in [3.8, 4) is 0 Å². The van der Waals surface area contributed by atoms with E-state index in [4.69, 9.17) is 4.74 Å². The Balaban J connectivity index is 1.89. The standard InChI is InChI=1S/C21H23NO3/c1-14(2)21(24)25-20-18(17-12-8-5-9-13-17)19(23)22(20)15(3)16-10-6-4-7-11-16/h4-15,18,20H,1-3H3. The number of amides is 1. The molecule has 0 N–H and O–H groups in total. The van der Waals surface area contributed by atoms with Gasteiger partial charge in [-0.05, 0) is 18.1 Å². The van der Waals surface area contributed by atoms with Crippen LogP contribution in [0.25, 0.3) is 0 Å². The molecule has 1 heterocycles. The summed E-state index contributed by atoms with van der Waals surface area (Å²) in [6, 6.07) is 19.2. The van der Waals surface area contributed by atoms with Gasteiger partial charge in [-0.3, -0.25) is 14.5 Å². The number of rotatable bonds is 5. The van der Waals surface area contributed by atoms with Gasteiger partial charge in [0.25, 0.3) is 0 Å². The van der Waals surface area contributed by atoms with Gasteiger partial charge in [-0.25, -0.2) is 0 Å². The van der Waals surface area contributed by atoms with Crippen molar-refractivity contribution in [3.05, 3.63) is 71.8 Å². The highest BCUT2D eigenvalue weighted by Crippen LogP contribution is 2.42. The molecule has 130 valence electrons. The van der Waals surface area contributed by atoms with Crippen molar-refractivity contribution < 1.29 is 14.3 Å². The smallest absolute Gasteiger partial charge is 0.310 e. The van der Waals surface area contributed by atoms with E-state index in [1.165, 1.54) is 0 Å². The Morgan fingerprint density at radius 1 is 0.960 bits per heavy atom. The molecule has 1 fully saturated rings. The molecular formula is C21H23NO3.